The number of nitriles is 1. The average molecular weight is 388 g/mol. The number of nitrogens with zero attached hydrogens (tertiary/aromatic N) is 2. The van der Waals surface area contributed by atoms with Gasteiger partial charge in [0.2, 0.25) is 5.88 Å². The van der Waals surface area contributed by atoms with Gasteiger partial charge in [-0.05, 0) is 48.9 Å². The van der Waals surface area contributed by atoms with Crippen LogP contribution >= 0.6 is 0 Å². The second-order valence-electron chi connectivity index (χ2n) is 5.98. The van der Waals surface area contributed by atoms with Gasteiger partial charge >= 0.3 is 6.03 Å². The number of rotatable bonds is 7. The summed E-state index contributed by atoms with van der Waals surface area (Å²) in [5, 5.41) is 14.3. The molecule has 0 aliphatic rings. The van der Waals surface area contributed by atoms with E-state index in [1.165, 1.54) is 0 Å². The highest BCUT2D eigenvalue weighted by atomic mass is 16.5. The normalized spacial score (nSPS) is 9.93. The van der Waals surface area contributed by atoms with Crippen molar-refractivity contribution in [2.45, 2.75) is 13.5 Å². The number of urea groups is 1. The molecule has 7 nitrogen and oxygen atoms in total. The van der Waals surface area contributed by atoms with Crippen LogP contribution in [0.3, 0.4) is 0 Å². The van der Waals surface area contributed by atoms with Gasteiger partial charge in [0.15, 0.2) is 11.5 Å². The Labute approximate surface area is 168 Å². The summed E-state index contributed by atoms with van der Waals surface area (Å²) in [6.45, 7) is 2.77. The second kappa shape index (κ2) is 9.76. The van der Waals surface area contributed by atoms with Gasteiger partial charge in [-0.25, -0.2) is 9.78 Å². The van der Waals surface area contributed by atoms with Gasteiger partial charge in [-0.3, -0.25) is 0 Å². The topological polar surface area (TPSA) is 96.3 Å². The molecule has 0 radical (unpaired) electrons. The fourth-order valence-electron chi connectivity index (χ4n) is 2.48. The number of hydrogen-bond acceptors (Lipinski definition) is 5. The van der Waals surface area contributed by atoms with E-state index in [1.807, 2.05) is 43.3 Å². The third kappa shape index (κ3) is 5.71. The molecule has 0 aliphatic carbocycles. The first kappa shape index (κ1) is 19.7. The first-order valence-corrected chi connectivity index (χ1v) is 9.07. The molecule has 2 amide bonds. The minimum atomic E-state index is -0.347. The van der Waals surface area contributed by atoms with Crippen molar-refractivity contribution in [1.82, 2.24) is 10.3 Å². The predicted octanol–water partition coefficient (Wildman–Crippen LogP) is 4.47. The van der Waals surface area contributed by atoms with Gasteiger partial charge in [-0.2, -0.15) is 5.26 Å². The fourth-order valence-corrected chi connectivity index (χ4v) is 2.48. The van der Waals surface area contributed by atoms with Crippen molar-refractivity contribution >= 4 is 11.7 Å². The lowest BCUT2D eigenvalue weighted by Crippen LogP contribution is -2.28. The molecule has 146 valence electrons. The molecule has 0 atom stereocenters. The van der Waals surface area contributed by atoms with Crippen LogP contribution in [-0.4, -0.2) is 17.6 Å². The number of pyridine rings is 1. The lowest BCUT2D eigenvalue weighted by atomic mass is 10.2. The van der Waals surface area contributed by atoms with Crippen LogP contribution in [0, 0.1) is 11.3 Å². The largest absolute Gasteiger partial charge is 0.490 e. The van der Waals surface area contributed by atoms with Crippen molar-refractivity contribution in [3.8, 4) is 23.4 Å². The molecule has 1 aromatic heterocycles. The van der Waals surface area contributed by atoms with E-state index < -0.39 is 0 Å². The number of para-hydroxylation sites is 2. The number of carbonyl (C=O) groups is 1. The quantitative estimate of drug-likeness (QED) is 0.623. The molecule has 2 N–H and O–H groups in total. The Balaban J connectivity index is 1.52. The van der Waals surface area contributed by atoms with Gasteiger partial charge in [-0.15, -0.1) is 0 Å². The van der Waals surface area contributed by atoms with E-state index in [9.17, 15) is 4.79 Å². The molecular weight excluding hydrogens is 368 g/mol. The smallest absolute Gasteiger partial charge is 0.319 e. The van der Waals surface area contributed by atoms with E-state index >= 15 is 0 Å². The van der Waals surface area contributed by atoms with Crippen molar-refractivity contribution < 1.29 is 14.3 Å². The zero-order valence-electron chi connectivity index (χ0n) is 15.9. The number of ether oxygens (including phenoxy) is 2. The summed E-state index contributed by atoms with van der Waals surface area (Å²) in [7, 11) is 0. The zero-order chi connectivity index (χ0) is 20.5. The molecule has 0 fully saturated rings. The van der Waals surface area contributed by atoms with Crippen LogP contribution in [0.25, 0.3) is 0 Å². The van der Waals surface area contributed by atoms with E-state index in [-0.39, 0.29) is 6.03 Å². The van der Waals surface area contributed by atoms with Crippen LogP contribution in [0.1, 0.15) is 18.1 Å². The van der Waals surface area contributed by atoms with Gasteiger partial charge in [0, 0.05) is 24.5 Å². The number of anilines is 1. The molecule has 0 bridgehead atoms. The summed E-state index contributed by atoms with van der Waals surface area (Å²) in [5.41, 5.74) is 1.97. The van der Waals surface area contributed by atoms with Gasteiger partial charge in [0.1, 0.15) is 0 Å². The lowest BCUT2D eigenvalue weighted by Gasteiger charge is -2.11. The van der Waals surface area contributed by atoms with Gasteiger partial charge < -0.3 is 20.1 Å². The standard InChI is InChI=1S/C22H20N4O3/c1-2-28-19-5-3-4-6-20(19)29-21-12-9-17(14-24-21)15-25-22(27)26-18-10-7-16(13-23)8-11-18/h3-12,14H,2,15H2,1H3,(H2,25,26,27). The van der Waals surface area contributed by atoms with Crippen LogP contribution in [0.4, 0.5) is 10.5 Å². The number of nitrogens with one attached hydrogen (secondary N) is 2. The van der Waals surface area contributed by atoms with Crippen LogP contribution < -0.4 is 20.1 Å². The van der Waals surface area contributed by atoms with E-state index in [2.05, 4.69) is 15.6 Å². The Hall–Kier alpha value is -4.05. The Morgan fingerprint density at radius 3 is 2.48 bits per heavy atom. The number of carbonyl (C=O) groups excluding carboxylic acids is 1. The van der Waals surface area contributed by atoms with Gasteiger partial charge in [0.05, 0.1) is 18.2 Å². The Bertz CT molecular complexity index is 996. The van der Waals surface area contributed by atoms with Gasteiger partial charge in [0.25, 0.3) is 0 Å². The highest BCUT2D eigenvalue weighted by molar-refractivity contribution is 5.89. The highest BCUT2D eigenvalue weighted by Crippen LogP contribution is 2.30. The molecule has 7 heteroatoms. The molecule has 3 aromatic rings. The maximum Gasteiger partial charge on any atom is 0.319 e. The zero-order valence-corrected chi connectivity index (χ0v) is 15.9. The molecule has 2 aromatic carbocycles. The monoisotopic (exact) mass is 388 g/mol. The number of amides is 2. The SMILES string of the molecule is CCOc1ccccc1Oc1ccc(CNC(=O)Nc2ccc(C#N)cc2)cn1. The van der Waals surface area contributed by atoms with E-state index in [1.54, 1.807) is 36.5 Å². The molecular formula is C22H20N4O3. The van der Waals surface area contributed by atoms with E-state index in [4.69, 9.17) is 14.7 Å². The summed E-state index contributed by atoms with van der Waals surface area (Å²) >= 11 is 0. The molecule has 0 unspecified atom stereocenters. The van der Waals surface area contributed by atoms with Crippen molar-refractivity contribution in [2.24, 2.45) is 0 Å². The predicted molar refractivity (Wildman–Crippen MR) is 109 cm³/mol. The minimum absolute atomic E-state index is 0.310. The molecule has 1 heterocycles. The van der Waals surface area contributed by atoms with Gasteiger partial charge in [-0.1, -0.05) is 18.2 Å². The third-order valence-corrected chi connectivity index (χ3v) is 3.89. The van der Waals surface area contributed by atoms with Crippen molar-refractivity contribution in [3.05, 3.63) is 78.0 Å². The maximum absolute atomic E-state index is 12.0. The van der Waals surface area contributed by atoms with Crippen molar-refractivity contribution in [3.63, 3.8) is 0 Å². The molecule has 0 spiro atoms. The van der Waals surface area contributed by atoms with Crippen LogP contribution in [0.2, 0.25) is 0 Å². The number of benzene rings is 2. The second-order valence-corrected chi connectivity index (χ2v) is 5.98. The fraction of sp³-hybridized carbons (Fsp3) is 0.136. The average Bonchev–Trinajstić information content (AvgIpc) is 2.75. The number of hydrogen-bond donors (Lipinski definition) is 2. The Morgan fingerprint density at radius 1 is 1.07 bits per heavy atom. The first-order chi connectivity index (χ1) is 14.2. The summed E-state index contributed by atoms with van der Waals surface area (Å²) in [5.74, 6) is 1.68. The van der Waals surface area contributed by atoms with Crippen molar-refractivity contribution in [1.29, 1.82) is 5.26 Å². The maximum atomic E-state index is 12.0. The van der Waals surface area contributed by atoms with Crippen LogP contribution in [-0.2, 0) is 6.54 Å². The summed E-state index contributed by atoms with van der Waals surface area (Å²) in [6, 6.07) is 19.3. The van der Waals surface area contributed by atoms with E-state index in [0.717, 1.165) is 5.56 Å². The summed E-state index contributed by atoms with van der Waals surface area (Å²) < 4.78 is 11.3. The van der Waals surface area contributed by atoms with Crippen LogP contribution in [0.15, 0.2) is 66.9 Å². The first-order valence-electron chi connectivity index (χ1n) is 9.07. The minimum Gasteiger partial charge on any atom is -0.490 e. The Morgan fingerprint density at radius 2 is 1.83 bits per heavy atom. The van der Waals surface area contributed by atoms with Crippen LogP contribution in [0.5, 0.6) is 17.4 Å². The lowest BCUT2D eigenvalue weighted by molar-refractivity contribution is 0.251. The molecule has 3 rings (SSSR count). The summed E-state index contributed by atoms with van der Waals surface area (Å²) in [4.78, 5) is 16.3. The molecule has 29 heavy (non-hydrogen) atoms. The summed E-state index contributed by atoms with van der Waals surface area (Å²) in [6.07, 6.45) is 1.64. The third-order valence-electron chi connectivity index (χ3n) is 3.89. The molecule has 0 saturated heterocycles. The number of aromatic nitrogens is 1. The Kier molecular flexibility index (Phi) is 6.63. The molecule has 0 aliphatic heterocycles. The highest BCUT2D eigenvalue weighted by Gasteiger charge is 2.07. The van der Waals surface area contributed by atoms with Crippen molar-refractivity contribution in [2.75, 3.05) is 11.9 Å². The molecule has 0 saturated carbocycles. The van der Waals surface area contributed by atoms with E-state index in [0.29, 0.717) is 41.8 Å².